The molecular formula is C18H29ClIN3O. The fourth-order valence-corrected chi connectivity index (χ4v) is 2.93. The zero-order valence-electron chi connectivity index (χ0n) is 14.8. The minimum Gasteiger partial charge on any atom is -0.382 e. The molecule has 1 saturated carbocycles. The van der Waals surface area contributed by atoms with Crippen LogP contribution in [-0.2, 0) is 11.3 Å². The van der Waals surface area contributed by atoms with Crippen molar-refractivity contribution in [3.63, 3.8) is 0 Å². The van der Waals surface area contributed by atoms with Crippen molar-refractivity contribution in [1.82, 2.24) is 10.2 Å². The molecule has 136 valence electrons. The van der Waals surface area contributed by atoms with Crippen LogP contribution in [0, 0.1) is 5.41 Å². The van der Waals surface area contributed by atoms with Crippen LogP contribution in [-0.4, -0.2) is 44.7 Å². The summed E-state index contributed by atoms with van der Waals surface area (Å²) in [4.78, 5) is 6.51. The summed E-state index contributed by atoms with van der Waals surface area (Å²) in [6, 6.07) is 7.94. The van der Waals surface area contributed by atoms with Crippen molar-refractivity contribution in [2.75, 3.05) is 33.9 Å². The average Bonchev–Trinajstić information content (AvgIpc) is 3.31. The van der Waals surface area contributed by atoms with E-state index in [0.29, 0.717) is 5.41 Å². The highest BCUT2D eigenvalue weighted by atomic mass is 127. The van der Waals surface area contributed by atoms with Gasteiger partial charge >= 0.3 is 0 Å². The number of rotatable bonds is 8. The molecule has 6 heteroatoms. The molecule has 0 aromatic heterocycles. The Morgan fingerprint density at radius 1 is 1.38 bits per heavy atom. The normalized spacial score (nSPS) is 15.6. The van der Waals surface area contributed by atoms with Gasteiger partial charge in [-0.15, -0.1) is 24.0 Å². The third-order valence-corrected chi connectivity index (χ3v) is 4.87. The SMILES string of the molecule is CCOCCC1(CNC(=NC)N(C)Cc2ccccc2Cl)CC1.I. The Bertz CT molecular complexity index is 535. The van der Waals surface area contributed by atoms with Gasteiger partial charge < -0.3 is 15.0 Å². The summed E-state index contributed by atoms with van der Waals surface area (Å²) in [5, 5.41) is 4.31. The lowest BCUT2D eigenvalue weighted by Gasteiger charge is -2.25. The van der Waals surface area contributed by atoms with Gasteiger partial charge in [0.15, 0.2) is 5.96 Å². The Morgan fingerprint density at radius 2 is 2.08 bits per heavy atom. The molecule has 0 bridgehead atoms. The first kappa shape index (κ1) is 21.5. The topological polar surface area (TPSA) is 36.9 Å². The summed E-state index contributed by atoms with van der Waals surface area (Å²) in [6.07, 6.45) is 3.68. The van der Waals surface area contributed by atoms with E-state index in [1.807, 2.05) is 39.2 Å². The van der Waals surface area contributed by atoms with Crippen molar-refractivity contribution in [1.29, 1.82) is 0 Å². The Morgan fingerprint density at radius 3 is 2.67 bits per heavy atom. The summed E-state index contributed by atoms with van der Waals surface area (Å²) < 4.78 is 5.50. The molecule has 0 aliphatic heterocycles. The highest BCUT2D eigenvalue weighted by molar-refractivity contribution is 14.0. The van der Waals surface area contributed by atoms with Crippen LogP contribution in [0.5, 0.6) is 0 Å². The quantitative estimate of drug-likeness (QED) is 0.271. The number of nitrogens with zero attached hydrogens (tertiary/aromatic N) is 2. The van der Waals surface area contributed by atoms with Gasteiger partial charge in [-0.05, 0) is 43.2 Å². The van der Waals surface area contributed by atoms with Crippen LogP contribution in [0.15, 0.2) is 29.3 Å². The van der Waals surface area contributed by atoms with Crippen molar-refractivity contribution >= 4 is 41.5 Å². The van der Waals surface area contributed by atoms with Crippen molar-refractivity contribution in [3.05, 3.63) is 34.9 Å². The van der Waals surface area contributed by atoms with E-state index < -0.39 is 0 Å². The Hall–Kier alpha value is -0.530. The maximum Gasteiger partial charge on any atom is 0.193 e. The Kier molecular flexibility index (Phi) is 9.37. The molecule has 1 aromatic rings. The van der Waals surface area contributed by atoms with Crippen molar-refractivity contribution in [2.45, 2.75) is 32.7 Å². The molecule has 1 aliphatic rings. The molecule has 1 fully saturated rings. The predicted octanol–water partition coefficient (Wildman–Crippen LogP) is 4.17. The van der Waals surface area contributed by atoms with Crippen LogP contribution in [0.4, 0.5) is 0 Å². The van der Waals surface area contributed by atoms with Gasteiger partial charge in [0.25, 0.3) is 0 Å². The standard InChI is InChI=1S/C18H28ClN3O.HI/c1-4-23-12-11-18(9-10-18)14-21-17(20-2)22(3)13-15-7-5-6-8-16(15)19;/h5-8H,4,9-14H2,1-3H3,(H,20,21);1H. The zero-order valence-corrected chi connectivity index (χ0v) is 17.9. The second-order valence-electron chi connectivity index (χ2n) is 6.30. The first-order valence-corrected chi connectivity index (χ1v) is 8.71. The molecule has 24 heavy (non-hydrogen) atoms. The molecule has 0 unspecified atom stereocenters. The molecule has 2 rings (SSSR count). The van der Waals surface area contributed by atoms with E-state index in [4.69, 9.17) is 16.3 Å². The maximum absolute atomic E-state index is 6.25. The minimum atomic E-state index is 0. The molecule has 0 saturated heterocycles. The van der Waals surface area contributed by atoms with E-state index >= 15 is 0 Å². The number of hydrogen-bond acceptors (Lipinski definition) is 2. The van der Waals surface area contributed by atoms with Gasteiger partial charge in [0.2, 0.25) is 0 Å². The fourth-order valence-electron chi connectivity index (χ4n) is 2.73. The van der Waals surface area contributed by atoms with Crippen LogP contribution >= 0.6 is 35.6 Å². The molecule has 0 radical (unpaired) electrons. The van der Waals surface area contributed by atoms with Crippen molar-refractivity contribution < 1.29 is 4.74 Å². The third kappa shape index (κ3) is 6.41. The number of aliphatic imine (C=N–C) groups is 1. The van der Waals surface area contributed by atoms with Gasteiger partial charge in [0.05, 0.1) is 0 Å². The van der Waals surface area contributed by atoms with Crippen molar-refractivity contribution in [2.24, 2.45) is 10.4 Å². The van der Waals surface area contributed by atoms with Crippen LogP contribution in [0.1, 0.15) is 31.7 Å². The van der Waals surface area contributed by atoms with E-state index in [9.17, 15) is 0 Å². The number of halogens is 2. The van der Waals surface area contributed by atoms with E-state index in [1.165, 1.54) is 12.8 Å². The molecule has 1 N–H and O–H groups in total. The second-order valence-corrected chi connectivity index (χ2v) is 6.70. The van der Waals surface area contributed by atoms with Gasteiger partial charge in [0.1, 0.15) is 0 Å². The number of hydrogen-bond donors (Lipinski definition) is 1. The predicted molar refractivity (Wildman–Crippen MR) is 112 cm³/mol. The first-order chi connectivity index (χ1) is 11.1. The minimum absolute atomic E-state index is 0. The van der Waals surface area contributed by atoms with Crippen LogP contribution in [0.2, 0.25) is 5.02 Å². The highest BCUT2D eigenvalue weighted by Gasteiger charge is 2.42. The Labute approximate surface area is 168 Å². The first-order valence-electron chi connectivity index (χ1n) is 8.33. The maximum atomic E-state index is 6.25. The summed E-state index contributed by atoms with van der Waals surface area (Å²) in [6.45, 7) is 5.40. The van der Waals surface area contributed by atoms with Gasteiger partial charge in [-0.1, -0.05) is 29.8 Å². The number of ether oxygens (including phenoxy) is 1. The lowest BCUT2D eigenvalue weighted by atomic mass is 10.0. The number of nitrogens with one attached hydrogen (secondary N) is 1. The van der Waals surface area contributed by atoms with E-state index in [-0.39, 0.29) is 24.0 Å². The fraction of sp³-hybridized carbons (Fsp3) is 0.611. The van der Waals surface area contributed by atoms with Gasteiger partial charge in [-0.3, -0.25) is 4.99 Å². The summed E-state index contributed by atoms with van der Waals surface area (Å²) in [5.74, 6) is 0.910. The van der Waals surface area contributed by atoms with E-state index in [1.54, 1.807) is 0 Å². The monoisotopic (exact) mass is 465 g/mol. The smallest absolute Gasteiger partial charge is 0.193 e. The lowest BCUT2D eigenvalue weighted by Crippen LogP contribution is -2.41. The molecule has 0 spiro atoms. The lowest BCUT2D eigenvalue weighted by molar-refractivity contribution is 0.128. The van der Waals surface area contributed by atoms with Crippen molar-refractivity contribution in [3.8, 4) is 0 Å². The van der Waals surface area contributed by atoms with Gasteiger partial charge in [-0.2, -0.15) is 0 Å². The molecule has 0 heterocycles. The summed E-state index contributed by atoms with van der Waals surface area (Å²) >= 11 is 6.25. The van der Waals surface area contributed by atoms with Crippen LogP contribution < -0.4 is 5.32 Å². The average molecular weight is 466 g/mol. The molecular weight excluding hydrogens is 437 g/mol. The largest absolute Gasteiger partial charge is 0.382 e. The van der Waals surface area contributed by atoms with E-state index in [0.717, 1.165) is 49.3 Å². The highest BCUT2D eigenvalue weighted by Crippen LogP contribution is 2.48. The zero-order chi connectivity index (χ0) is 16.7. The van der Waals surface area contributed by atoms with Gasteiger partial charge in [-0.25, -0.2) is 0 Å². The molecule has 0 amide bonds. The molecule has 1 aromatic carbocycles. The van der Waals surface area contributed by atoms with Gasteiger partial charge in [0, 0.05) is 45.4 Å². The molecule has 0 atom stereocenters. The summed E-state index contributed by atoms with van der Waals surface area (Å²) in [7, 11) is 3.86. The number of guanidine groups is 1. The molecule has 4 nitrogen and oxygen atoms in total. The third-order valence-electron chi connectivity index (χ3n) is 4.50. The van der Waals surface area contributed by atoms with Crippen LogP contribution in [0.3, 0.4) is 0 Å². The number of benzene rings is 1. The summed E-state index contributed by atoms with van der Waals surface area (Å²) in [5.41, 5.74) is 1.51. The van der Waals surface area contributed by atoms with E-state index in [2.05, 4.69) is 21.3 Å². The second kappa shape index (κ2) is 10.5. The van der Waals surface area contributed by atoms with Crippen LogP contribution in [0.25, 0.3) is 0 Å². The Balaban J connectivity index is 0.00000288. The molecule has 1 aliphatic carbocycles.